The summed E-state index contributed by atoms with van der Waals surface area (Å²) in [7, 11) is 0. The van der Waals surface area contributed by atoms with Crippen LogP contribution in [0.1, 0.15) is 44.4 Å². The number of rotatable bonds is 11. The van der Waals surface area contributed by atoms with E-state index in [0.717, 1.165) is 28.8 Å². The highest BCUT2D eigenvalue weighted by Crippen LogP contribution is 2.33. The highest BCUT2D eigenvalue weighted by molar-refractivity contribution is 5.91. The molecule has 0 saturated heterocycles. The van der Waals surface area contributed by atoms with Gasteiger partial charge >= 0.3 is 17.9 Å². The molecule has 0 heterocycles. The first kappa shape index (κ1) is 26.2. The molecule has 0 aromatic heterocycles. The van der Waals surface area contributed by atoms with E-state index in [2.05, 4.69) is 5.32 Å². The number of carbonyl (C=O) groups is 3. The van der Waals surface area contributed by atoms with Crippen LogP contribution in [0.5, 0.6) is 11.5 Å². The van der Waals surface area contributed by atoms with Crippen LogP contribution in [0.15, 0.2) is 18.2 Å². The first-order valence-corrected chi connectivity index (χ1v) is 10.3. The largest absolute Gasteiger partial charge is 0.489 e. The molecule has 0 bridgehead atoms. The molecule has 1 aromatic rings. The van der Waals surface area contributed by atoms with Gasteiger partial charge in [0.25, 0.3) is 0 Å². The normalized spacial score (nSPS) is 12.0. The van der Waals surface area contributed by atoms with Crippen LogP contribution in [0.4, 0.5) is 0 Å². The van der Waals surface area contributed by atoms with E-state index in [1.807, 2.05) is 34.6 Å². The summed E-state index contributed by atoms with van der Waals surface area (Å²) in [5.41, 5.74) is 2.39. The Bertz CT molecular complexity index is 815. The lowest BCUT2D eigenvalue weighted by Crippen LogP contribution is -2.38. The Hall–Kier alpha value is -2.87. The number of aryl methyl sites for hydroxylation is 1. The van der Waals surface area contributed by atoms with Gasteiger partial charge in [-0.2, -0.15) is 0 Å². The smallest absolute Gasteiger partial charge is 0.331 e. The van der Waals surface area contributed by atoms with Crippen LogP contribution in [0.3, 0.4) is 0 Å². The van der Waals surface area contributed by atoms with Crippen molar-refractivity contribution in [2.24, 2.45) is 0 Å². The SMILES string of the molecule is CCOC(=O)C=CC(=O)OC(CNC(C)C)COc1cc(C)c(OC(C)=O)c(C)c1C. The van der Waals surface area contributed by atoms with Crippen molar-refractivity contribution in [1.82, 2.24) is 5.32 Å². The molecule has 8 nitrogen and oxygen atoms in total. The number of esters is 3. The van der Waals surface area contributed by atoms with Gasteiger partial charge in [0.05, 0.1) is 6.61 Å². The van der Waals surface area contributed by atoms with Gasteiger partial charge in [0.1, 0.15) is 24.2 Å². The zero-order valence-electron chi connectivity index (χ0n) is 19.4. The van der Waals surface area contributed by atoms with E-state index in [1.54, 1.807) is 13.0 Å². The maximum absolute atomic E-state index is 12.1. The molecule has 0 aliphatic rings. The Balaban J connectivity index is 2.90. The molecule has 1 N–H and O–H groups in total. The fourth-order valence-corrected chi connectivity index (χ4v) is 2.69. The van der Waals surface area contributed by atoms with Crippen LogP contribution >= 0.6 is 0 Å². The summed E-state index contributed by atoms with van der Waals surface area (Å²) in [6.45, 7) is 13.2. The lowest BCUT2D eigenvalue weighted by Gasteiger charge is -2.22. The second kappa shape index (κ2) is 12.7. The van der Waals surface area contributed by atoms with E-state index in [-0.39, 0.29) is 25.2 Å². The summed E-state index contributed by atoms with van der Waals surface area (Å²) >= 11 is 0. The molecule has 1 atom stereocenters. The summed E-state index contributed by atoms with van der Waals surface area (Å²) in [5, 5.41) is 3.21. The van der Waals surface area contributed by atoms with Crippen LogP contribution in [-0.4, -0.2) is 49.8 Å². The molecule has 1 unspecified atom stereocenters. The molecule has 1 rings (SSSR count). The molecule has 172 valence electrons. The predicted octanol–water partition coefficient (Wildman–Crippen LogP) is 2.95. The molecular weight excluding hydrogens is 402 g/mol. The Morgan fingerprint density at radius 3 is 2.29 bits per heavy atom. The second-order valence-corrected chi connectivity index (χ2v) is 7.38. The lowest BCUT2D eigenvalue weighted by molar-refractivity contribution is -0.145. The molecule has 1 aromatic carbocycles. The van der Waals surface area contributed by atoms with Crippen LogP contribution in [0.25, 0.3) is 0 Å². The first-order valence-electron chi connectivity index (χ1n) is 10.3. The Labute approximate surface area is 183 Å². The van der Waals surface area contributed by atoms with Crippen molar-refractivity contribution in [1.29, 1.82) is 0 Å². The summed E-state index contributed by atoms with van der Waals surface area (Å²) in [5.74, 6) is -0.533. The number of hydrogen-bond donors (Lipinski definition) is 1. The number of benzene rings is 1. The van der Waals surface area contributed by atoms with Crippen molar-refractivity contribution >= 4 is 17.9 Å². The summed E-state index contributed by atoms with van der Waals surface area (Å²) < 4.78 is 21.4. The summed E-state index contributed by atoms with van der Waals surface area (Å²) in [4.78, 5) is 34.8. The quantitative estimate of drug-likeness (QED) is 0.322. The Morgan fingerprint density at radius 2 is 1.71 bits per heavy atom. The average molecular weight is 436 g/mol. The number of ether oxygens (including phenoxy) is 4. The van der Waals surface area contributed by atoms with E-state index in [0.29, 0.717) is 18.0 Å². The maximum Gasteiger partial charge on any atom is 0.331 e. The van der Waals surface area contributed by atoms with Gasteiger partial charge in [-0.3, -0.25) is 4.79 Å². The molecule has 31 heavy (non-hydrogen) atoms. The number of nitrogens with one attached hydrogen (secondary N) is 1. The fraction of sp³-hybridized carbons (Fsp3) is 0.522. The monoisotopic (exact) mass is 435 g/mol. The van der Waals surface area contributed by atoms with Crippen LogP contribution in [-0.2, 0) is 23.9 Å². The third-order valence-corrected chi connectivity index (χ3v) is 4.33. The van der Waals surface area contributed by atoms with Gasteiger partial charge < -0.3 is 24.3 Å². The molecule has 0 spiro atoms. The maximum atomic E-state index is 12.1. The second-order valence-electron chi connectivity index (χ2n) is 7.38. The molecule has 8 heteroatoms. The minimum absolute atomic E-state index is 0.103. The Kier molecular flexibility index (Phi) is 10.8. The third-order valence-electron chi connectivity index (χ3n) is 4.33. The molecule has 0 aliphatic heterocycles. The molecule has 0 aliphatic carbocycles. The van der Waals surface area contributed by atoms with Gasteiger partial charge in [-0.15, -0.1) is 0 Å². The van der Waals surface area contributed by atoms with Crippen molar-refractivity contribution in [2.45, 2.75) is 60.6 Å². The van der Waals surface area contributed by atoms with Crippen molar-refractivity contribution in [2.75, 3.05) is 19.8 Å². The molecular formula is C23H33NO7. The zero-order chi connectivity index (χ0) is 23.6. The molecule has 0 amide bonds. The van der Waals surface area contributed by atoms with Crippen molar-refractivity contribution in [3.05, 3.63) is 34.9 Å². The molecule has 0 fully saturated rings. The van der Waals surface area contributed by atoms with Gasteiger partial charge in [0, 0.05) is 31.7 Å². The van der Waals surface area contributed by atoms with Crippen molar-refractivity contribution in [3.8, 4) is 11.5 Å². The highest BCUT2D eigenvalue weighted by atomic mass is 16.6. The molecule has 0 saturated carbocycles. The summed E-state index contributed by atoms with van der Waals surface area (Å²) in [6, 6.07) is 1.97. The van der Waals surface area contributed by atoms with E-state index in [4.69, 9.17) is 18.9 Å². The lowest BCUT2D eigenvalue weighted by atomic mass is 10.0. The summed E-state index contributed by atoms with van der Waals surface area (Å²) in [6.07, 6.45) is 1.48. The topological polar surface area (TPSA) is 100 Å². The zero-order valence-corrected chi connectivity index (χ0v) is 19.4. The first-order chi connectivity index (χ1) is 14.5. The number of carbonyl (C=O) groups excluding carboxylic acids is 3. The fourth-order valence-electron chi connectivity index (χ4n) is 2.69. The predicted molar refractivity (Wildman–Crippen MR) is 116 cm³/mol. The van der Waals surface area contributed by atoms with Crippen molar-refractivity contribution < 1.29 is 33.3 Å². The van der Waals surface area contributed by atoms with Gasteiger partial charge in [-0.1, -0.05) is 13.8 Å². The van der Waals surface area contributed by atoms with Gasteiger partial charge in [0.15, 0.2) is 0 Å². The van der Waals surface area contributed by atoms with E-state index < -0.39 is 18.0 Å². The third kappa shape index (κ3) is 9.21. The van der Waals surface area contributed by atoms with Gasteiger partial charge in [-0.25, -0.2) is 9.59 Å². The minimum Gasteiger partial charge on any atom is -0.489 e. The van der Waals surface area contributed by atoms with Gasteiger partial charge in [-0.05, 0) is 50.5 Å². The average Bonchev–Trinajstić information content (AvgIpc) is 2.69. The minimum atomic E-state index is -0.665. The van der Waals surface area contributed by atoms with Gasteiger partial charge in [0.2, 0.25) is 0 Å². The standard InChI is InChI=1S/C23H33NO7/c1-8-28-21(26)9-10-22(27)31-19(12-24-14(2)3)13-29-20-11-15(4)23(30-18(7)25)17(6)16(20)5/h9-11,14,19,24H,8,12-13H2,1-7H3. The van der Waals surface area contributed by atoms with Crippen molar-refractivity contribution in [3.63, 3.8) is 0 Å². The van der Waals surface area contributed by atoms with E-state index in [9.17, 15) is 14.4 Å². The molecule has 0 radical (unpaired) electrons. The van der Waals surface area contributed by atoms with Crippen LogP contribution in [0, 0.1) is 20.8 Å². The van der Waals surface area contributed by atoms with E-state index >= 15 is 0 Å². The number of hydrogen-bond acceptors (Lipinski definition) is 8. The highest BCUT2D eigenvalue weighted by Gasteiger charge is 2.18. The van der Waals surface area contributed by atoms with Crippen LogP contribution in [0.2, 0.25) is 0 Å². The van der Waals surface area contributed by atoms with E-state index in [1.165, 1.54) is 6.92 Å². The van der Waals surface area contributed by atoms with Crippen LogP contribution < -0.4 is 14.8 Å². The Morgan fingerprint density at radius 1 is 1.06 bits per heavy atom.